The van der Waals surface area contributed by atoms with Crippen LogP contribution in [0.5, 0.6) is 0 Å². The number of hydrogen-bond acceptors (Lipinski definition) is 1. The van der Waals surface area contributed by atoms with Crippen LogP contribution in [0.4, 0.5) is 0 Å². The number of amides is 1. The molecule has 0 saturated carbocycles. The van der Waals surface area contributed by atoms with Gasteiger partial charge in [0.15, 0.2) is 0 Å². The summed E-state index contributed by atoms with van der Waals surface area (Å²) in [5.41, 5.74) is 2.03. The molecule has 82 valence electrons. The third kappa shape index (κ3) is 2.82. The number of nitrogens with zero attached hydrogens (tertiary/aromatic N) is 1. The van der Waals surface area contributed by atoms with E-state index in [4.69, 9.17) is 0 Å². The summed E-state index contributed by atoms with van der Waals surface area (Å²) in [5, 5.41) is 0. The van der Waals surface area contributed by atoms with Crippen LogP contribution in [0, 0.1) is 0 Å². The van der Waals surface area contributed by atoms with Crippen LogP contribution in [-0.4, -0.2) is 24.9 Å². The van der Waals surface area contributed by atoms with Crippen molar-refractivity contribution in [2.24, 2.45) is 0 Å². The van der Waals surface area contributed by atoms with Crippen LogP contribution in [-0.2, 0) is 5.41 Å². The predicted molar refractivity (Wildman–Crippen MR) is 63.2 cm³/mol. The van der Waals surface area contributed by atoms with Crippen LogP contribution in [0.3, 0.4) is 0 Å². The van der Waals surface area contributed by atoms with Gasteiger partial charge in [0, 0.05) is 19.7 Å². The molecule has 1 aromatic rings. The van der Waals surface area contributed by atoms with E-state index in [-0.39, 0.29) is 11.3 Å². The van der Waals surface area contributed by atoms with Crippen molar-refractivity contribution in [3.8, 4) is 0 Å². The average molecular weight is 205 g/mol. The summed E-state index contributed by atoms with van der Waals surface area (Å²) in [6, 6.07) is 7.84. The van der Waals surface area contributed by atoms with Crippen molar-refractivity contribution in [2.45, 2.75) is 26.2 Å². The molecule has 2 nitrogen and oxygen atoms in total. The van der Waals surface area contributed by atoms with Gasteiger partial charge in [0.05, 0.1) is 0 Å². The summed E-state index contributed by atoms with van der Waals surface area (Å²) in [4.78, 5) is 13.3. The van der Waals surface area contributed by atoms with E-state index in [9.17, 15) is 4.79 Å². The lowest BCUT2D eigenvalue weighted by molar-refractivity contribution is 0.0827. The maximum Gasteiger partial charge on any atom is 0.253 e. The van der Waals surface area contributed by atoms with Gasteiger partial charge < -0.3 is 4.90 Å². The minimum Gasteiger partial charge on any atom is -0.345 e. The maximum absolute atomic E-state index is 11.7. The molecule has 0 N–H and O–H groups in total. The standard InChI is InChI=1S/C13H19NO/c1-13(2,3)11-8-6-7-10(9-11)12(15)14(4)5/h6-9H,1-5H3. The Hall–Kier alpha value is -1.31. The molecule has 15 heavy (non-hydrogen) atoms. The van der Waals surface area contributed by atoms with Crippen LogP contribution in [0.25, 0.3) is 0 Å². The van der Waals surface area contributed by atoms with E-state index in [1.807, 2.05) is 18.2 Å². The number of rotatable bonds is 1. The monoisotopic (exact) mass is 205 g/mol. The summed E-state index contributed by atoms with van der Waals surface area (Å²) in [5.74, 6) is 0.0566. The number of hydrogen-bond donors (Lipinski definition) is 0. The molecule has 1 amide bonds. The van der Waals surface area contributed by atoms with Crippen LogP contribution in [0.2, 0.25) is 0 Å². The van der Waals surface area contributed by atoms with Crippen LogP contribution in [0.1, 0.15) is 36.7 Å². The fourth-order valence-corrected chi connectivity index (χ4v) is 1.38. The summed E-state index contributed by atoms with van der Waals surface area (Å²) in [6.45, 7) is 6.44. The first-order chi connectivity index (χ1) is 6.82. The maximum atomic E-state index is 11.7. The second-order valence-electron chi connectivity index (χ2n) is 5.03. The second kappa shape index (κ2) is 4.05. The van der Waals surface area contributed by atoms with Gasteiger partial charge in [-0.1, -0.05) is 32.9 Å². The van der Waals surface area contributed by atoms with Crippen LogP contribution in [0.15, 0.2) is 24.3 Å². The smallest absolute Gasteiger partial charge is 0.253 e. The first-order valence-corrected chi connectivity index (χ1v) is 5.14. The highest BCUT2D eigenvalue weighted by Crippen LogP contribution is 2.22. The van der Waals surface area contributed by atoms with Gasteiger partial charge in [0.25, 0.3) is 5.91 Å². The highest BCUT2D eigenvalue weighted by atomic mass is 16.2. The molecule has 0 aromatic heterocycles. The number of benzene rings is 1. The molecule has 0 aliphatic rings. The topological polar surface area (TPSA) is 20.3 Å². The minimum atomic E-state index is 0.0566. The molecule has 0 fully saturated rings. The Morgan fingerprint density at radius 2 is 1.80 bits per heavy atom. The Morgan fingerprint density at radius 1 is 1.20 bits per heavy atom. The molecule has 0 aliphatic heterocycles. The van der Waals surface area contributed by atoms with Crippen molar-refractivity contribution in [1.29, 1.82) is 0 Å². The van der Waals surface area contributed by atoms with Gasteiger partial charge >= 0.3 is 0 Å². The van der Waals surface area contributed by atoms with Crippen molar-refractivity contribution in [3.63, 3.8) is 0 Å². The zero-order valence-corrected chi connectivity index (χ0v) is 10.2. The number of carbonyl (C=O) groups is 1. The van der Waals surface area contributed by atoms with Crippen LogP contribution >= 0.6 is 0 Å². The predicted octanol–water partition coefficient (Wildman–Crippen LogP) is 2.69. The van der Waals surface area contributed by atoms with E-state index < -0.39 is 0 Å². The molecule has 0 bridgehead atoms. The van der Waals surface area contributed by atoms with Crippen molar-refractivity contribution in [2.75, 3.05) is 14.1 Å². The van der Waals surface area contributed by atoms with Crippen molar-refractivity contribution in [1.82, 2.24) is 4.90 Å². The third-order valence-electron chi connectivity index (χ3n) is 2.38. The van der Waals surface area contributed by atoms with E-state index in [0.29, 0.717) is 0 Å². The fourth-order valence-electron chi connectivity index (χ4n) is 1.38. The third-order valence-corrected chi connectivity index (χ3v) is 2.38. The molecule has 0 heterocycles. The van der Waals surface area contributed by atoms with Gasteiger partial charge in [0.1, 0.15) is 0 Å². The first kappa shape index (κ1) is 11.8. The zero-order valence-electron chi connectivity index (χ0n) is 10.2. The molecule has 1 rings (SSSR count). The molecular formula is C13H19NO. The molecule has 0 saturated heterocycles. The Labute approximate surface area is 91.9 Å². The lowest BCUT2D eigenvalue weighted by atomic mass is 9.86. The second-order valence-corrected chi connectivity index (χ2v) is 5.03. The summed E-state index contributed by atoms with van der Waals surface area (Å²) < 4.78 is 0. The Kier molecular flexibility index (Phi) is 3.18. The summed E-state index contributed by atoms with van der Waals surface area (Å²) in [6.07, 6.45) is 0. The highest BCUT2D eigenvalue weighted by Gasteiger charge is 2.16. The Bertz CT molecular complexity index is 361. The molecule has 2 heteroatoms. The summed E-state index contributed by atoms with van der Waals surface area (Å²) in [7, 11) is 3.54. The molecule has 0 unspecified atom stereocenters. The van der Waals surface area contributed by atoms with Crippen molar-refractivity contribution < 1.29 is 4.79 Å². The molecule has 1 aromatic carbocycles. The van der Waals surface area contributed by atoms with E-state index in [1.165, 1.54) is 5.56 Å². The minimum absolute atomic E-state index is 0.0566. The quantitative estimate of drug-likeness (QED) is 0.690. The summed E-state index contributed by atoms with van der Waals surface area (Å²) >= 11 is 0. The van der Waals surface area contributed by atoms with Gasteiger partial charge in [-0.3, -0.25) is 4.79 Å². The lowest BCUT2D eigenvalue weighted by Crippen LogP contribution is -2.22. The normalized spacial score (nSPS) is 11.3. The van der Waals surface area contributed by atoms with Crippen molar-refractivity contribution in [3.05, 3.63) is 35.4 Å². The largest absolute Gasteiger partial charge is 0.345 e. The molecule has 0 radical (unpaired) electrons. The lowest BCUT2D eigenvalue weighted by Gasteiger charge is -2.20. The molecular weight excluding hydrogens is 186 g/mol. The Morgan fingerprint density at radius 3 is 2.27 bits per heavy atom. The average Bonchev–Trinajstić information content (AvgIpc) is 2.15. The van der Waals surface area contributed by atoms with Crippen LogP contribution < -0.4 is 0 Å². The van der Waals surface area contributed by atoms with Gasteiger partial charge in [0.2, 0.25) is 0 Å². The SMILES string of the molecule is CN(C)C(=O)c1cccc(C(C)(C)C)c1. The van der Waals surface area contributed by atoms with Crippen molar-refractivity contribution >= 4 is 5.91 Å². The Balaban J connectivity index is 3.09. The van der Waals surface area contributed by atoms with Gasteiger partial charge in [-0.2, -0.15) is 0 Å². The first-order valence-electron chi connectivity index (χ1n) is 5.14. The zero-order chi connectivity index (χ0) is 11.6. The highest BCUT2D eigenvalue weighted by molar-refractivity contribution is 5.94. The van der Waals surface area contributed by atoms with Gasteiger partial charge in [-0.05, 0) is 23.1 Å². The molecule has 0 atom stereocenters. The molecule has 0 aliphatic carbocycles. The van der Waals surface area contributed by atoms with E-state index >= 15 is 0 Å². The van der Waals surface area contributed by atoms with Gasteiger partial charge in [-0.15, -0.1) is 0 Å². The van der Waals surface area contributed by atoms with Gasteiger partial charge in [-0.25, -0.2) is 0 Å². The number of carbonyl (C=O) groups excluding carboxylic acids is 1. The fraction of sp³-hybridized carbons (Fsp3) is 0.462. The molecule has 0 spiro atoms. The van der Waals surface area contributed by atoms with E-state index in [0.717, 1.165) is 5.56 Å². The van der Waals surface area contributed by atoms with E-state index in [1.54, 1.807) is 19.0 Å². The van der Waals surface area contributed by atoms with E-state index in [2.05, 4.69) is 26.8 Å².